The topological polar surface area (TPSA) is 76.1 Å². The second-order valence-electron chi connectivity index (χ2n) is 7.69. The number of benzene rings is 2. The summed E-state index contributed by atoms with van der Waals surface area (Å²) in [5.74, 6) is -2.11. The number of carbonyl (C=O) groups is 2. The van der Waals surface area contributed by atoms with Crippen LogP contribution in [0.1, 0.15) is 36.0 Å². The van der Waals surface area contributed by atoms with Gasteiger partial charge in [0.25, 0.3) is 0 Å². The fourth-order valence-electron chi connectivity index (χ4n) is 4.07. The predicted molar refractivity (Wildman–Crippen MR) is 105 cm³/mol. The van der Waals surface area contributed by atoms with E-state index in [2.05, 4.69) is 4.74 Å². The molecule has 1 fully saturated rings. The number of halogens is 3. The van der Waals surface area contributed by atoms with Crippen molar-refractivity contribution in [2.45, 2.75) is 39.2 Å². The molecule has 0 bridgehead atoms. The smallest absolute Gasteiger partial charge is 0.481 e. The van der Waals surface area contributed by atoms with Gasteiger partial charge in [0, 0.05) is 17.7 Å². The highest BCUT2D eigenvalue weighted by Crippen LogP contribution is 2.50. The second kappa shape index (κ2) is 7.47. The predicted octanol–water partition coefficient (Wildman–Crippen LogP) is 5.23. The number of nitrogens with zero attached hydrogens (tertiary/aromatic N) is 1. The van der Waals surface area contributed by atoms with Crippen molar-refractivity contribution in [2.75, 3.05) is 11.4 Å². The summed E-state index contributed by atoms with van der Waals surface area (Å²) in [5.41, 5.74) is 3.31. The largest absolute Gasteiger partial charge is 0.573 e. The number of carboxylic acid groups (broad SMARTS) is 1. The molecule has 1 aliphatic carbocycles. The molecular formula is C22H20F3NO5. The summed E-state index contributed by atoms with van der Waals surface area (Å²) in [5, 5.41) is 9.21. The van der Waals surface area contributed by atoms with Crippen LogP contribution in [0.25, 0.3) is 11.1 Å². The van der Waals surface area contributed by atoms with Gasteiger partial charge in [-0.15, -0.1) is 13.2 Å². The van der Waals surface area contributed by atoms with E-state index in [9.17, 15) is 27.9 Å². The van der Waals surface area contributed by atoms with E-state index >= 15 is 0 Å². The number of amides is 1. The van der Waals surface area contributed by atoms with Crippen LogP contribution in [0, 0.1) is 12.8 Å². The summed E-state index contributed by atoms with van der Waals surface area (Å²) >= 11 is 0. The van der Waals surface area contributed by atoms with Gasteiger partial charge >= 0.3 is 18.4 Å². The van der Waals surface area contributed by atoms with E-state index < -0.39 is 24.3 Å². The van der Waals surface area contributed by atoms with Crippen LogP contribution in [0.15, 0.2) is 30.3 Å². The highest BCUT2D eigenvalue weighted by molar-refractivity contribution is 5.92. The molecule has 1 amide bonds. The molecule has 164 valence electrons. The van der Waals surface area contributed by atoms with Crippen molar-refractivity contribution in [2.24, 2.45) is 5.92 Å². The van der Waals surface area contributed by atoms with Crippen LogP contribution in [-0.4, -0.2) is 30.1 Å². The van der Waals surface area contributed by atoms with Crippen molar-refractivity contribution >= 4 is 17.7 Å². The van der Waals surface area contributed by atoms with Gasteiger partial charge in [0.05, 0.1) is 11.6 Å². The summed E-state index contributed by atoms with van der Waals surface area (Å²) in [4.78, 5) is 24.8. The van der Waals surface area contributed by atoms with Crippen molar-refractivity contribution in [1.82, 2.24) is 0 Å². The first-order valence-corrected chi connectivity index (χ1v) is 9.79. The molecule has 0 spiro atoms. The number of aliphatic carboxylic acids is 1. The third kappa shape index (κ3) is 4.04. The van der Waals surface area contributed by atoms with E-state index in [4.69, 9.17) is 4.74 Å². The Hall–Kier alpha value is -3.23. The van der Waals surface area contributed by atoms with Crippen LogP contribution in [-0.2, 0) is 16.1 Å². The van der Waals surface area contributed by atoms with Gasteiger partial charge < -0.3 is 14.6 Å². The van der Waals surface area contributed by atoms with Crippen LogP contribution >= 0.6 is 0 Å². The van der Waals surface area contributed by atoms with Crippen molar-refractivity contribution in [1.29, 1.82) is 0 Å². The van der Waals surface area contributed by atoms with E-state index in [1.54, 1.807) is 32.0 Å². The molecule has 6 nitrogen and oxygen atoms in total. The zero-order valence-corrected chi connectivity index (χ0v) is 16.8. The number of rotatable bonds is 5. The normalized spacial score (nSPS) is 20.2. The van der Waals surface area contributed by atoms with Crippen LogP contribution in [0.2, 0.25) is 0 Å². The third-order valence-corrected chi connectivity index (χ3v) is 5.66. The van der Waals surface area contributed by atoms with Crippen LogP contribution < -0.4 is 9.64 Å². The molecule has 1 saturated carbocycles. The number of hydrogen-bond donors (Lipinski definition) is 1. The zero-order chi connectivity index (χ0) is 22.5. The molecule has 2 aromatic carbocycles. The van der Waals surface area contributed by atoms with Gasteiger partial charge in [0.2, 0.25) is 0 Å². The summed E-state index contributed by atoms with van der Waals surface area (Å²) in [6, 6.07) is 7.70. The van der Waals surface area contributed by atoms with Gasteiger partial charge in [-0.25, -0.2) is 4.79 Å². The molecule has 0 aromatic heterocycles. The molecule has 31 heavy (non-hydrogen) atoms. The fraction of sp³-hybridized carbons (Fsp3) is 0.364. The Kier molecular flexibility index (Phi) is 5.07. The molecule has 2 atom stereocenters. The van der Waals surface area contributed by atoms with Gasteiger partial charge in [-0.2, -0.15) is 0 Å². The maximum atomic E-state index is 13.0. The average Bonchev–Trinajstić information content (AvgIpc) is 3.48. The molecule has 4 rings (SSSR count). The molecule has 0 saturated heterocycles. The highest BCUT2D eigenvalue weighted by Gasteiger charge is 2.44. The first kappa shape index (κ1) is 21.0. The number of cyclic esters (lactones) is 1. The lowest BCUT2D eigenvalue weighted by molar-refractivity contribution is -0.274. The second-order valence-corrected chi connectivity index (χ2v) is 7.69. The van der Waals surface area contributed by atoms with Gasteiger partial charge in [0.15, 0.2) is 0 Å². The number of aryl methyl sites for hydroxylation is 1. The molecule has 0 unspecified atom stereocenters. The standard InChI is InChI=1S/C22H20F3NO5/c1-3-26-18-9-14(11(2)6-13(18)10-30-21(26)29)16-7-12(15-8-17(15)20(27)28)4-5-19(16)31-22(23,24)25/h4-7,9,15,17H,3,8,10H2,1-2H3,(H,27,28)/t15-,17+/m0/s1. The lowest BCUT2D eigenvalue weighted by Gasteiger charge is -2.29. The van der Waals surface area contributed by atoms with E-state index in [1.165, 1.54) is 17.0 Å². The molecule has 1 N–H and O–H groups in total. The number of carbonyl (C=O) groups excluding carboxylic acids is 1. The van der Waals surface area contributed by atoms with Crippen molar-refractivity contribution in [3.05, 3.63) is 47.0 Å². The lowest BCUT2D eigenvalue weighted by Crippen LogP contribution is -2.35. The van der Waals surface area contributed by atoms with Crippen molar-refractivity contribution in [3.8, 4) is 16.9 Å². The van der Waals surface area contributed by atoms with E-state index in [0.717, 1.165) is 5.56 Å². The first-order chi connectivity index (χ1) is 14.6. The fourth-order valence-corrected chi connectivity index (χ4v) is 4.07. The summed E-state index contributed by atoms with van der Waals surface area (Å²) in [7, 11) is 0. The number of fused-ring (bicyclic) bond motifs is 1. The summed E-state index contributed by atoms with van der Waals surface area (Å²) < 4.78 is 48.6. The number of alkyl halides is 3. The average molecular weight is 435 g/mol. The molecular weight excluding hydrogens is 415 g/mol. The zero-order valence-electron chi connectivity index (χ0n) is 16.8. The van der Waals surface area contributed by atoms with Gasteiger partial charge in [-0.05, 0) is 67.1 Å². The molecule has 1 aliphatic heterocycles. The lowest BCUT2D eigenvalue weighted by atomic mass is 9.93. The maximum absolute atomic E-state index is 13.0. The van der Waals surface area contributed by atoms with E-state index in [0.29, 0.717) is 35.3 Å². The monoisotopic (exact) mass is 435 g/mol. The number of anilines is 1. The molecule has 2 aliphatic rings. The minimum Gasteiger partial charge on any atom is -0.481 e. The van der Waals surface area contributed by atoms with Gasteiger partial charge in [-0.3, -0.25) is 9.69 Å². The number of hydrogen-bond acceptors (Lipinski definition) is 4. The Balaban J connectivity index is 1.84. The molecule has 0 radical (unpaired) electrons. The Bertz CT molecular complexity index is 1070. The first-order valence-electron chi connectivity index (χ1n) is 9.79. The highest BCUT2D eigenvalue weighted by atomic mass is 19.4. The Morgan fingerprint density at radius 3 is 2.61 bits per heavy atom. The Labute approximate surface area is 176 Å². The minimum atomic E-state index is -4.89. The number of ether oxygens (including phenoxy) is 2. The maximum Gasteiger partial charge on any atom is 0.573 e. The van der Waals surface area contributed by atoms with Gasteiger partial charge in [-0.1, -0.05) is 6.07 Å². The van der Waals surface area contributed by atoms with Crippen LogP contribution in [0.3, 0.4) is 0 Å². The Morgan fingerprint density at radius 2 is 2.00 bits per heavy atom. The summed E-state index contributed by atoms with van der Waals surface area (Å²) in [6.07, 6.45) is -4.97. The minimum absolute atomic E-state index is 0.0834. The third-order valence-electron chi connectivity index (χ3n) is 5.66. The Morgan fingerprint density at radius 1 is 1.26 bits per heavy atom. The SMILES string of the molecule is CCN1C(=O)OCc2cc(C)c(-c3cc([C@@H]4C[C@H]4C(=O)O)ccc3OC(F)(F)F)cc21. The van der Waals surface area contributed by atoms with E-state index in [-0.39, 0.29) is 23.8 Å². The van der Waals surface area contributed by atoms with Crippen molar-refractivity contribution in [3.63, 3.8) is 0 Å². The van der Waals surface area contributed by atoms with E-state index in [1.807, 2.05) is 0 Å². The molecule has 1 heterocycles. The van der Waals surface area contributed by atoms with Crippen molar-refractivity contribution < 1.29 is 37.3 Å². The molecule has 9 heteroatoms. The number of carboxylic acids is 1. The summed E-state index contributed by atoms with van der Waals surface area (Å²) in [6.45, 7) is 3.94. The van der Waals surface area contributed by atoms with Crippen LogP contribution in [0.5, 0.6) is 5.75 Å². The van der Waals surface area contributed by atoms with Crippen LogP contribution in [0.4, 0.5) is 23.7 Å². The quantitative estimate of drug-likeness (QED) is 0.697. The molecule has 2 aromatic rings. The van der Waals surface area contributed by atoms with Gasteiger partial charge in [0.1, 0.15) is 12.4 Å².